The van der Waals surface area contributed by atoms with Gasteiger partial charge in [0, 0.05) is 25.0 Å². The summed E-state index contributed by atoms with van der Waals surface area (Å²) in [4.78, 5) is 0. The predicted molar refractivity (Wildman–Crippen MR) is 45.5 cm³/mol. The molecule has 11 heavy (non-hydrogen) atoms. The fraction of sp³-hybridized carbons (Fsp3) is 1.00. The largest absolute Gasteiger partial charge is 0.391 e. The monoisotopic (exact) mass is 158 g/mol. The second-order valence-corrected chi connectivity index (χ2v) is 3.24. The molecule has 0 spiro atoms. The minimum Gasteiger partial charge on any atom is -0.391 e. The molecule has 3 atom stereocenters. The van der Waals surface area contributed by atoms with Crippen molar-refractivity contribution >= 4 is 0 Å². The van der Waals surface area contributed by atoms with Crippen molar-refractivity contribution < 1.29 is 5.11 Å². The lowest BCUT2D eigenvalue weighted by Gasteiger charge is -2.21. The van der Waals surface area contributed by atoms with Crippen molar-refractivity contribution in [3.05, 3.63) is 0 Å². The molecule has 0 amide bonds. The van der Waals surface area contributed by atoms with Gasteiger partial charge in [0.25, 0.3) is 0 Å². The number of hydrogen-bond donors (Lipinski definition) is 3. The first-order valence-electron chi connectivity index (χ1n) is 4.38. The van der Waals surface area contributed by atoms with Crippen LogP contribution in [-0.2, 0) is 0 Å². The molecule has 1 aliphatic rings. The highest BCUT2D eigenvalue weighted by molar-refractivity contribution is 4.86. The summed E-state index contributed by atoms with van der Waals surface area (Å²) >= 11 is 0. The fourth-order valence-corrected chi connectivity index (χ4v) is 1.67. The van der Waals surface area contributed by atoms with Crippen LogP contribution in [0.5, 0.6) is 0 Å². The smallest absolute Gasteiger partial charge is 0.0719 e. The summed E-state index contributed by atoms with van der Waals surface area (Å²) in [6.07, 6.45) is -0.163. The number of hydrogen-bond acceptors (Lipinski definition) is 3. The summed E-state index contributed by atoms with van der Waals surface area (Å²) in [6.45, 7) is 6.88. The van der Waals surface area contributed by atoms with Crippen LogP contribution < -0.4 is 10.6 Å². The zero-order chi connectivity index (χ0) is 8.27. The Hall–Kier alpha value is -0.120. The van der Waals surface area contributed by atoms with E-state index in [0.717, 1.165) is 19.6 Å². The molecule has 0 aromatic heterocycles. The Morgan fingerprint density at radius 3 is 2.82 bits per heavy atom. The number of aliphatic hydroxyl groups excluding tert-OH is 1. The average Bonchev–Trinajstić information content (AvgIpc) is 2.36. The summed E-state index contributed by atoms with van der Waals surface area (Å²) in [7, 11) is 0. The van der Waals surface area contributed by atoms with E-state index in [0.29, 0.717) is 12.0 Å². The third kappa shape index (κ3) is 2.15. The summed E-state index contributed by atoms with van der Waals surface area (Å²) in [5.74, 6) is 0.384. The van der Waals surface area contributed by atoms with E-state index in [1.54, 1.807) is 0 Å². The predicted octanol–water partition coefficient (Wildman–Crippen LogP) is -0.435. The van der Waals surface area contributed by atoms with Gasteiger partial charge in [-0.05, 0) is 13.5 Å². The molecule has 1 rings (SSSR count). The van der Waals surface area contributed by atoms with Crippen molar-refractivity contribution in [1.82, 2.24) is 10.6 Å². The van der Waals surface area contributed by atoms with Gasteiger partial charge in [-0.1, -0.05) is 6.92 Å². The highest BCUT2D eigenvalue weighted by Gasteiger charge is 2.28. The van der Waals surface area contributed by atoms with Gasteiger partial charge in [0.2, 0.25) is 0 Å². The first-order valence-corrected chi connectivity index (χ1v) is 4.38. The molecule has 0 aromatic carbocycles. The minimum absolute atomic E-state index is 0.163. The van der Waals surface area contributed by atoms with Gasteiger partial charge in [0.15, 0.2) is 0 Å². The quantitative estimate of drug-likeness (QED) is 0.522. The molecule has 3 nitrogen and oxygen atoms in total. The van der Waals surface area contributed by atoms with E-state index in [4.69, 9.17) is 0 Å². The van der Waals surface area contributed by atoms with Gasteiger partial charge in [-0.15, -0.1) is 0 Å². The molecule has 3 heteroatoms. The Morgan fingerprint density at radius 1 is 1.64 bits per heavy atom. The summed E-state index contributed by atoms with van der Waals surface area (Å²) < 4.78 is 0. The minimum atomic E-state index is -0.163. The van der Waals surface area contributed by atoms with Gasteiger partial charge in [-0.25, -0.2) is 0 Å². The SMILES string of the molecule is CCNC(C)[C@@H]1CNC[C@H]1O. The van der Waals surface area contributed by atoms with Crippen LogP contribution >= 0.6 is 0 Å². The molecule has 1 fully saturated rings. The van der Waals surface area contributed by atoms with E-state index in [-0.39, 0.29) is 6.10 Å². The number of β-amino-alcohol motifs (C(OH)–C–C–N with tert-alkyl or cyclic N) is 1. The Morgan fingerprint density at radius 2 is 2.36 bits per heavy atom. The third-order valence-corrected chi connectivity index (χ3v) is 2.40. The molecule has 1 saturated heterocycles. The molecule has 0 bridgehead atoms. The second-order valence-electron chi connectivity index (χ2n) is 3.24. The molecule has 66 valence electrons. The van der Waals surface area contributed by atoms with Gasteiger partial charge >= 0.3 is 0 Å². The second kappa shape index (κ2) is 4.04. The van der Waals surface area contributed by atoms with Gasteiger partial charge < -0.3 is 15.7 Å². The van der Waals surface area contributed by atoms with Gasteiger partial charge in [-0.3, -0.25) is 0 Å². The number of aliphatic hydroxyl groups is 1. The summed E-state index contributed by atoms with van der Waals surface area (Å²) in [6, 6.07) is 0.421. The van der Waals surface area contributed by atoms with E-state index in [2.05, 4.69) is 24.5 Å². The van der Waals surface area contributed by atoms with E-state index in [1.165, 1.54) is 0 Å². The molecule has 0 saturated carbocycles. The Kier molecular flexibility index (Phi) is 3.30. The molecule has 0 radical (unpaired) electrons. The molecular formula is C8H18N2O. The molecule has 3 N–H and O–H groups in total. The van der Waals surface area contributed by atoms with E-state index < -0.39 is 0 Å². The van der Waals surface area contributed by atoms with Gasteiger partial charge in [-0.2, -0.15) is 0 Å². The molecule has 1 heterocycles. The molecule has 1 aliphatic heterocycles. The maximum atomic E-state index is 9.48. The van der Waals surface area contributed by atoms with E-state index in [1.807, 2.05) is 0 Å². The van der Waals surface area contributed by atoms with Gasteiger partial charge in [0.05, 0.1) is 6.10 Å². The Balaban J connectivity index is 2.33. The maximum Gasteiger partial charge on any atom is 0.0719 e. The maximum absolute atomic E-state index is 9.48. The normalized spacial score (nSPS) is 34.1. The van der Waals surface area contributed by atoms with Crippen LogP contribution in [-0.4, -0.2) is 36.9 Å². The first-order chi connectivity index (χ1) is 5.25. The first kappa shape index (κ1) is 8.97. The fourth-order valence-electron chi connectivity index (χ4n) is 1.67. The van der Waals surface area contributed by atoms with Crippen molar-refractivity contribution in [1.29, 1.82) is 0 Å². The van der Waals surface area contributed by atoms with Crippen LogP contribution in [0.25, 0.3) is 0 Å². The van der Waals surface area contributed by atoms with Crippen molar-refractivity contribution in [2.45, 2.75) is 26.0 Å². The average molecular weight is 158 g/mol. The standard InChI is InChI=1S/C8H18N2O/c1-3-10-6(2)7-4-9-5-8(7)11/h6-11H,3-5H2,1-2H3/t6?,7-,8+/m0/s1. The third-order valence-electron chi connectivity index (χ3n) is 2.40. The molecule has 1 unspecified atom stereocenters. The van der Waals surface area contributed by atoms with Crippen LogP contribution in [0.1, 0.15) is 13.8 Å². The lowest BCUT2D eigenvalue weighted by molar-refractivity contribution is 0.128. The van der Waals surface area contributed by atoms with Crippen LogP contribution in [0.4, 0.5) is 0 Å². The zero-order valence-corrected chi connectivity index (χ0v) is 7.30. The topological polar surface area (TPSA) is 44.3 Å². The zero-order valence-electron chi connectivity index (χ0n) is 7.30. The van der Waals surface area contributed by atoms with Crippen LogP contribution in [0.3, 0.4) is 0 Å². The van der Waals surface area contributed by atoms with Crippen molar-refractivity contribution in [2.24, 2.45) is 5.92 Å². The molecule has 0 aromatic rings. The Labute approximate surface area is 68.2 Å². The number of rotatable bonds is 3. The molecule has 0 aliphatic carbocycles. The highest BCUT2D eigenvalue weighted by atomic mass is 16.3. The molecular weight excluding hydrogens is 140 g/mol. The van der Waals surface area contributed by atoms with E-state index >= 15 is 0 Å². The summed E-state index contributed by atoms with van der Waals surface area (Å²) in [5.41, 5.74) is 0. The van der Waals surface area contributed by atoms with Crippen molar-refractivity contribution in [3.8, 4) is 0 Å². The van der Waals surface area contributed by atoms with E-state index in [9.17, 15) is 5.11 Å². The van der Waals surface area contributed by atoms with Crippen molar-refractivity contribution in [3.63, 3.8) is 0 Å². The van der Waals surface area contributed by atoms with Crippen molar-refractivity contribution in [2.75, 3.05) is 19.6 Å². The van der Waals surface area contributed by atoms with Crippen LogP contribution in [0.15, 0.2) is 0 Å². The highest BCUT2D eigenvalue weighted by Crippen LogP contribution is 2.12. The van der Waals surface area contributed by atoms with Gasteiger partial charge in [0.1, 0.15) is 0 Å². The van der Waals surface area contributed by atoms with Crippen LogP contribution in [0, 0.1) is 5.92 Å². The lowest BCUT2D eigenvalue weighted by atomic mass is 9.98. The summed E-state index contributed by atoms with van der Waals surface area (Å²) in [5, 5.41) is 16.0. The van der Waals surface area contributed by atoms with Crippen LogP contribution in [0.2, 0.25) is 0 Å². The lowest BCUT2D eigenvalue weighted by Crippen LogP contribution is -2.39. The number of nitrogens with one attached hydrogen (secondary N) is 2. The Bertz CT molecular complexity index is 119.